The van der Waals surface area contributed by atoms with Gasteiger partial charge in [0.25, 0.3) is 0 Å². The van der Waals surface area contributed by atoms with Gasteiger partial charge in [-0.25, -0.2) is 8.42 Å². The number of rotatable bonds is 7. The maximum absolute atomic E-state index is 11.7. The van der Waals surface area contributed by atoms with Crippen LogP contribution in [0, 0.1) is 0 Å². The molecule has 0 bridgehead atoms. The monoisotopic (exact) mass is 285 g/mol. The summed E-state index contributed by atoms with van der Waals surface area (Å²) >= 11 is 0. The number of sulfone groups is 1. The molecule has 1 aromatic carbocycles. The highest BCUT2D eigenvalue weighted by molar-refractivity contribution is 7.91. The number of para-hydroxylation sites is 1. The first-order valence-corrected chi connectivity index (χ1v) is 8.17. The fourth-order valence-corrected chi connectivity index (χ4v) is 2.91. The number of methoxy groups -OCH3 is 1. The largest absolute Gasteiger partial charge is 0.496 e. The summed E-state index contributed by atoms with van der Waals surface area (Å²) in [7, 11) is -1.39. The third-order valence-electron chi connectivity index (χ3n) is 3.17. The lowest BCUT2D eigenvalue weighted by Crippen LogP contribution is -2.28. The van der Waals surface area contributed by atoms with Crippen molar-refractivity contribution in [2.24, 2.45) is 5.73 Å². The van der Waals surface area contributed by atoms with Crippen molar-refractivity contribution in [2.45, 2.75) is 38.0 Å². The lowest BCUT2D eigenvalue weighted by Gasteiger charge is -2.15. The van der Waals surface area contributed by atoms with Crippen LogP contribution >= 0.6 is 0 Å². The molecule has 2 N–H and O–H groups in total. The molecule has 1 aromatic rings. The summed E-state index contributed by atoms with van der Waals surface area (Å²) in [5, 5.41) is -0.342. The van der Waals surface area contributed by atoms with Gasteiger partial charge in [-0.3, -0.25) is 0 Å². The van der Waals surface area contributed by atoms with E-state index in [2.05, 4.69) is 0 Å². The molecule has 0 saturated heterocycles. The van der Waals surface area contributed by atoms with E-state index in [1.54, 1.807) is 21.0 Å². The summed E-state index contributed by atoms with van der Waals surface area (Å²) in [6.07, 6.45) is 1.09. The molecule has 0 radical (unpaired) electrons. The summed E-state index contributed by atoms with van der Waals surface area (Å²) < 4.78 is 28.7. The smallest absolute Gasteiger partial charge is 0.152 e. The topological polar surface area (TPSA) is 69.4 Å². The molecule has 0 aliphatic rings. The summed E-state index contributed by atoms with van der Waals surface area (Å²) in [6, 6.07) is 7.49. The predicted octanol–water partition coefficient (Wildman–Crippen LogP) is 1.78. The van der Waals surface area contributed by atoms with Crippen molar-refractivity contribution in [3.05, 3.63) is 29.8 Å². The molecule has 0 aliphatic carbocycles. The highest BCUT2D eigenvalue weighted by Crippen LogP contribution is 2.19. The van der Waals surface area contributed by atoms with E-state index in [-0.39, 0.29) is 17.0 Å². The molecule has 0 heterocycles. The second kappa shape index (κ2) is 6.91. The standard InChI is InChI=1S/C14H23NO3S/c1-11(2)19(16,17)9-8-13(15)10-12-6-4-5-7-14(12)18-3/h4-7,11,13H,8-10,15H2,1-3H3. The van der Waals surface area contributed by atoms with Crippen molar-refractivity contribution in [1.82, 2.24) is 0 Å². The second-order valence-corrected chi connectivity index (χ2v) is 7.66. The third-order valence-corrected chi connectivity index (χ3v) is 5.41. The number of hydrogen-bond donors (Lipinski definition) is 1. The molecule has 0 saturated carbocycles. The Morgan fingerprint density at radius 3 is 2.47 bits per heavy atom. The van der Waals surface area contributed by atoms with E-state index >= 15 is 0 Å². The number of ether oxygens (including phenoxy) is 1. The summed E-state index contributed by atoms with van der Waals surface area (Å²) in [4.78, 5) is 0. The first kappa shape index (κ1) is 16.0. The molecular weight excluding hydrogens is 262 g/mol. The lowest BCUT2D eigenvalue weighted by atomic mass is 10.0. The van der Waals surface area contributed by atoms with Crippen LogP contribution in [0.2, 0.25) is 0 Å². The zero-order valence-corrected chi connectivity index (χ0v) is 12.6. The van der Waals surface area contributed by atoms with Gasteiger partial charge in [0.1, 0.15) is 5.75 Å². The highest BCUT2D eigenvalue weighted by Gasteiger charge is 2.18. The molecule has 1 atom stereocenters. The van der Waals surface area contributed by atoms with E-state index < -0.39 is 9.84 Å². The van der Waals surface area contributed by atoms with E-state index in [1.807, 2.05) is 24.3 Å². The van der Waals surface area contributed by atoms with E-state index in [1.165, 1.54) is 0 Å². The van der Waals surface area contributed by atoms with Crippen LogP contribution < -0.4 is 10.5 Å². The maximum atomic E-state index is 11.7. The molecule has 0 amide bonds. The SMILES string of the molecule is COc1ccccc1CC(N)CCS(=O)(=O)C(C)C. The molecule has 0 aliphatic heterocycles. The summed E-state index contributed by atoms with van der Waals surface area (Å²) in [5.41, 5.74) is 7.03. The fourth-order valence-electron chi connectivity index (χ4n) is 1.81. The van der Waals surface area contributed by atoms with Crippen LogP contribution in [0.5, 0.6) is 5.75 Å². The van der Waals surface area contributed by atoms with Gasteiger partial charge >= 0.3 is 0 Å². The van der Waals surface area contributed by atoms with Crippen LogP contribution in [0.25, 0.3) is 0 Å². The number of hydrogen-bond acceptors (Lipinski definition) is 4. The first-order chi connectivity index (χ1) is 8.86. The van der Waals surface area contributed by atoms with Crippen molar-refractivity contribution >= 4 is 9.84 Å². The quantitative estimate of drug-likeness (QED) is 0.829. The molecule has 1 rings (SSSR count). The van der Waals surface area contributed by atoms with Gasteiger partial charge in [0.15, 0.2) is 9.84 Å². The van der Waals surface area contributed by atoms with Crippen LogP contribution in [-0.4, -0.2) is 32.6 Å². The maximum Gasteiger partial charge on any atom is 0.152 e. The van der Waals surface area contributed by atoms with Gasteiger partial charge in [0.05, 0.1) is 18.1 Å². The van der Waals surface area contributed by atoms with Gasteiger partial charge in [-0.05, 0) is 38.3 Å². The van der Waals surface area contributed by atoms with Crippen LogP contribution in [0.3, 0.4) is 0 Å². The van der Waals surface area contributed by atoms with Crippen molar-refractivity contribution in [1.29, 1.82) is 0 Å². The van der Waals surface area contributed by atoms with Crippen molar-refractivity contribution in [3.63, 3.8) is 0 Å². The molecule has 1 unspecified atom stereocenters. The normalized spacial score (nSPS) is 13.5. The van der Waals surface area contributed by atoms with Crippen LogP contribution in [-0.2, 0) is 16.3 Å². The Bertz CT molecular complexity index is 497. The van der Waals surface area contributed by atoms with Gasteiger partial charge in [-0.15, -0.1) is 0 Å². The van der Waals surface area contributed by atoms with E-state index in [9.17, 15) is 8.42 Å². The Hall–Kier alpha value is -1.07. The van der Waals surface area contributed by atoms with Crippen molar-refractivity contribution < 1.29 is 13.2 Å². The van der Waals surface area contributed by atoms with Gasteiger partial charge in [-0.1, -0.05) is 18.2 Å². The molecule has 108 valence electrons. The predicted molar refractivity (Wildman–Crippen MR) is 78.2 cm³/mol. The zero-order valence-electron chi connectivity index (χ0n) is 11.8. The van der Waals surface area contributed by atoms with Crippen LogP contribution in [0.4, 0.5) is 0 Å². The average molecular weight is 285 g/mol. The van der Waals surface area contributed by atoms with Gasteiger partial charge in [-0.2, -0.15) is 0 Å². The molecule has 0 fully saturated rings. The average Bonchev–Trinajstić information content (AvgIpc) is 2.37. The fraction of sp³-hybridized carbons (Fsp3) is 0.571. The number of nitrogens with two attached hydrogens (primary N) is 1. The highest BCUT2D eigenvalue weighted by atomic mass is 32.2. The minimum atomic E-state index is -3.01. The lowest BCUT2D eigenvalue weighted by molar-refractivity contribution is 0.407. The van der Waals surface area contributed by atoms with Crippen molar-refractivity contribution in [2.75, 3.05) is 12.9 Å². The number of benzene rings is 1. The minimum absolute atomic E-state index is 0.140. The van der Waals surface area contributed by atoms with Crippen LogP contribution in [0.1, 0.15) is 25.8 Å². The van der Waals surface area contributed by atoms with Gasteiger partial charge in [0, 0.05) is 6.04 Å². The van der Waals surface area contributed by atoms with Crippen LogP contribution in [0.15, 0.2) is 24.3 Å². The van der Waals surface area contributed by atoms with Gasteiger partial charge < -0.3 is 10.5 Å². The Balaban J connectivity index is 2.59. The molecular formula is C14H23NO3S. The molecule has 19 heavy (non-hydrogen) atoms. The first-order valence-electron chi connectivity index (χ1n) is 6.46. The molecule has 4 nitrogen and oxygen atoms in total. The minimum Gasteiger partial charge on any atom is -0.496 e. The summed E-state index contributed by atoms with van der Waals surface area (Å²) in [6.45, 7) is 3.39. The molecule has 0 spiro atoms. The summed E-state index contributed by atoms with van der Waals surface area (Å²) in [5.74, 6) is 0.936. The molecule has 0 aromatic heterocycles. The van der Waals surface area contributed by atoms with Crippen molar-refractivity contribution in [3.8, 4) is 5.75 Å². The Labute approximate surface area is 115 Å². The Kier molecular flexibility index (Phi) is 5.82. The van der Waals surface area contributed by atoms with E-state index in [0.717, 1.165) is 11.3 Å². The Morgan fingerprint density at radius 2 is 1.89 bits per heavy atom. The van der Waals surface area contributed by atoms with E-state index in [0.29, 0.717) is 12.8 Å². The van der Waals surface area contributed by atoms with E-state index in [4.69, 9.17) is 10.5 Å². The molecule has 5 heteroatoms. The third kappa shape index (κ3) is 4.84. The Morgan fingerprint density at radius 1 is 1.26 bits per heavy atom. The van der Waals surface area contributed by atoms with Gasteiger partial charge in [0.2, 0.25) is 0 Å². The second-order valence-electron chi connectivity index (χ2n) is 4.98. The zero-order chi connectivity index (χ0) is 14.5.